The molecule has 1 saturated heterocycles. The number of aryl methyl sites for hydroxylation is 1. The Bertz CT molecular complexity index is 2450. The smallest absolute Gasteiger partial charge is 0.246 e. The number of unbranched alkanes of at least 4 members (excludes halogenated alkanes) is 4. The van der Waals surface area contributed by atoms with Crippen molar-refractivity contribution in [2.24, 2.45) is 5.41 Å². The van der Waals surface area contributed by atoms with Crippen LogP contribution in [0.4, 0.5) is 0 Å². The summed E-state index contributed by atoms with van der Waals surface area (Å²) in [7, 11) is 1.81. The third-order valence-corrected chi connectivity index (χ3v) is 13.6. The average molecular weight is 940 g/mol. The van der Waals surface area contributed by atoms with Crippen LogP contribution in [-0.4, -0.2) is 88.5 Å². The first-order valence-corrected chi connectivity index (χ1v) is 25.0. The number of aliphatic hydroxyl groups excluding tert-OH is 1. The van der Waals surface area contributed by atoms with Crippen molar-refractivity contribution in [1.82, 2.24) is 25.4 Å². The van der Waals surface area contributed by atoms with Crippen molar-refractivity contribution < 1.29 is 29.0 Å². The number of benzene rings is 4. The molecule has 3 N–H and O–H groups in total. The van der Waals surface area contributed by atoms with Gasteiger partial charge in [0, 0.05) is 39.4 Å². The molecule has 0 aliphatic carbocycles. The highest BCUT2D eigenvalue weighted by Gasteiger charge is 2.44. The van der Waals surface area contributed by atoms with Gasteiger partial charge >= 0.3 is 0 Å². The van der Waals surface area contributed by atoms with Gasteiger partial charge in [0.2, 0.25) is 23.6 Å². The third kappa shape index (κ3) is 14.2. The molecule has 0 saturated carbocycles. The maximum atomic E-state index is 14.0. The van der Waals surface area contributed by atoms with Gasteiger partial charge in [0.15, 0.2) is 0 Å². The Labute approximate surface area is 407 Å². The number of hydrogen-bond donors (Lipinski definition) is 3. The van der Waals surface area contributed by atoms with Crippen LogP contribution < -0.4 is 15.4 Å². The number of aromatic nitrogens is 1. The summed E-state index contributed by atoms with van der Waals surface area (Å²) in [4.78, 5) is 62.2. The molecule has 3 atom stereocenters. The van der Waals surface area contributed by atoms with E-state index in [1.165, 1.54) is 27.2 Å². The molecule has 0 radical (unpaired) electrons. The Morgan fingerprint density at radius 3 is 2.07 bits per heavy atom. The summed E-state index contributed by atoms with van der Waals surface area (Å²) >= 11 is 1.58. The van der Waals surface area contributed by atoms with E-state index in [0.717, 1.165) is 65.1 Å². The predicted octanol–water partition coefficient (Wildman–Crippen LogP) is 9.86. The van der Waals surface area contributed by atoms with E-state index in [1.54, 1.807) is 16.2 Å². The molecule has 0 spiro atoms. The van der Waals surface area contributed by atoms with Gasteiger partial charge in [-0.15, -0.1) is 11.3 Å². The van der Waals surface area contributed by atoms with Gasteiger partial charge in [-0.25, -0.2) is 4.98 Å². The molecular weight excluding hydrogens is 871 g/mol. The molecule has 4 amide bonds. The van der Waals surface area contributed by atoms with Crippen molar-refractivity contribution in [3.63, 3.8) is 0 Å². The number of β-amino-alcohol motifs (C(OH)–C–C–N with tert-alkyl or cyclic N) is 1. The van der Waals surface area contributed by atoms with E-state index in [9.17, 15) is 24.3 Å². The number of carbonyl (C=O) groups is 4. The lowest BCUT2D eigenvalue weighted by molar-refractivity contribution is -0.144. The van der Waals surface area contributed by atoms with Gasteiger partial charge in [0.05, 0.1) is 28.7 Å². The van der Waals surface area contributed by atoms with Crippen molar-refractivity contribution in [2.75, 3.05) is 26.7 Å². The van der Waals surface area contributed by atoms with Gasteiger partial charge in [-0.2, -0.15) is 0 Å². The molecular formula is C56H69N5O6S. The number of rotatable bonds is 22. The van der Waals surface area contributed by atoms with Crippen LogP contribution in [0.25, 0.3) is 21.6 Å². The maximum absolute atomic E-state index is 14.0. The number of likely N-dealkylation sites (tertiary alicyclic amines) is 1. The molecule has 5 aromatic rings. The number of nitrogens with zero attached hydrogens (tertiary/aromatic N) is 3. The Morgan fingerprint density at radius 1 is 0.838 bits per heavy atom. The van der Waals surface area contributed by atoms with E-state index in [2.05, 4.69) is 83.2 Å². The molecule has 1 aliphatic heterocycles. The minimum atomic E-state index is -0.873. The summed E-state index contributed by atoms with van der Waals surface area (Å²) in [6.07, 6.45) is 4.87. The summed E-state index contributed by atoms with van der Waals surface area (Å²) in [5.41, 5.74) is 10.1. The number of aliphatic hydroxyl groups is 1. The fourth-order valence-corrected chi connectivity index (χ4v) is 9.54. The first-order valence-electron chi connectivity index (χ1n) is 24.1. The number of thiazole rings is 1. The zero-order valence-corrected chi connectivity index (χ0v) is 41.4. The summed E-state index contributed by atoms with van der Waals surface area (Å²) in [6, 6.07) is 35.4. The van der Waals surface area contributed by atoms with Gasteiger partial charge in [-0.1, -0.05) is 144 Å². The van der Waals surface area contributed by atoms with Gasteiger partial charge in [0.1, 0.15) is 24.4 Å². The molecule has 68 heavy (non-hydrogen) atoms. The van der Waals surface area contributed by atoms with E-state index in [0.29, 0.717) is 26.0 Å². The Kier molecular flexibility index (Phi) is 18.7. The summed E-state index contributed by atoms with van der Waals surface area (Å²) in [5, 5.41) is 16.5. The second-order valence-corrected chi connectivity index (χ2v) is 19.7. The van der Waals surface area contributed by atoms with Crippen molar-refractivity contribution >= 4 is 46.1 Å². The normalized spacial score (nSPS) is 15.6. The Hall–Kier alpha value is -6.11. The van der Waals surface area contributed by atoms with E-state index in [-0.39, 0.29) is 49.6 Å². The summed E-state index contributed by atoms with van der Waals surface area (Å²) in [5.74, 6) is -0.116. The van der Waals surface area contributed by atoms with Gasteiger partial charge in [0.25, 0.3) is 0 Å². The van der Waals surface area contributed by atoms with Gasteiger partial charge < -0.3 is 30.3 Å². The second kappa shape index (κ2) is 24.8. The van der Waals surface area contributed by atoms with Gasteiger partial charge in [-0.3, -0.25) is 19.2 Å². The number of hydrogen-bond acceptors (Lipinski definition) is 8. The zero-order chi connectivity index (χ0) is 48.6. The van der Waals surface area contributed by atoms with Crippen molar-refractivity contribution in [1.29, 1.82) is 0 Å². The zero-order valence-electron chi connectivity index (χ0n) is 40.6. The van der Waals surface area contributed by atoms with Crippen molar-refractivity contribution in [3.05, 3.63) is 143 Å². The lowest BCUT2D eigenvalue weighted by Gasteiger charge is -2.35. The molecule has 1 aromatic heterocycles. The van der Waals surface area contributed by atoms with Crippen LogP contribution in [0.5, 0.6) is 5.75 Å². The molecule has 12 heteroatoms. The minimum Gasteiger partial charge on any atom is -0.492 e. The number of amides is 4. The summed E-state index contributed by atoms with van der Waals surface area (Å²) < 4.78 is 6.07. The summed E-state index contributed by atoms with van der Waals surface area (Å²) in [6.45, 7) is 11.0. The SMILES string of the molecule is CC/C(=C(\c1ccccc1)c1ccc(OCCN(C)C(=O)CCCCCCCC(=O)N[C@H](C(=O)N2C[C@H](O)C[C@H]2C(=O)NCc2ccc(-c3scnc3C)cc2)C(C)(C)C)cc1)c1ccccc1. The van der Waals surface area contributed by atoms with E-state index < -0.39 is 23.6 Å². The van der Waals surface area contributed by atoms with Crippen LogP contribution in [0, 0.1) is 12.3 Å². The fourth-order valence-electron chi connectivity index (χ4n) is 8.72. The van der Waals surface area contributed by atoms with Crippen LogP contribution in [0.1, 0.15) is 113 Å². The van der Waals surface area contributed by atoms with E-state index in [1.807, 2.05) is 88.8 Å². The van der Waals surface area contributed by atoms with Crippen LogP contribution in [-0.2, 0) is 25.7 Å². The highest BCUT2D eigenvalue weighted by molar-refractivity contribution is 7.13. The Balaban J connectivity index is 0.882. The van der Waals surface area contributed by atoms with Crippen LogP contribution >= 0.6 is 11.3 Å². The maximum Gasteiger partial charge on any atom is 0.246 e. The molecule has 4 aromatic carbocycles. The number of ether oxygens (including phenoxy) is 1. The first kappa shape index (κ1) is 51.3. The minimum absolute atomic E-state index is 0.0213. The van der Waals surface area contributed by atoms with Gasteiger partial charge in [-0.05, 0) is 82.7 Å². The first-order chi connectivity index (χ1) is 32.7. The predicted molar refractivity (Wildman–Crippen MR) is 273 cm³/mol. The highest BCUT2D eigenvalue weighted by Crippen LogP contribution is 2.35. The Morgan fingerprint density at radius 2 is 1.46 bits per heavy atom. The number of nitrogens with one attached hydrogen (secondary N) is 2. The van der Waals surface area contributed by atoms with Crippen LogP contribution in [0.3, 0.4) is 0 Å². The van der Waals surface area contributed by atoms with Crippen LogP contribution in [0.2, 0.25) is 0 Å². The van der Waals surface area contributed by atoms with Crippen molar-refractivity contribution in [2.45, 2.75) is 117 Å². The number of carbonyl (C=O) groups excluding carboxylic acids is 4. The molecule has 6 rings (SSSR count). The number of allylic oxidation sites excluding steroid dienone is 1. The van der Waals surface area contributed by atoms with E-state index in [4.69, 9.17) is 4.74 Å². The monoisotopic (exact) mass is 939 g/mol. The van der Waals surface area contributed by atoms with E-state index >= 15 is 0 Å². The molecule has 0 unspecified atom stereocenters. The molecule has 0 bridgehead atoms. The highest BCUT2D eigenvalue weighted by atomic mass is 32.1. The van der Waals surface area contributed by atoms with Crippen molar-refractivity contribution in [3.8, 4) is 16.2 Å². The number of likely N-dealkylation sites (N-methyl/N-ethyl adjacent to an activating group) is 1. The van der Waals surface area contributed by atoms with Crippen LogP contribution in [0.15, 0.2) is 115 Å². The standard InChI is InChI=1S/C56H69N5O6S/c1-7-47(41-19-13-11-14-20-41)51(42-21-15-12-16-22-42)43-29-31-46(32-30-43)67-34-33-60(6)50(64)24-18-10-8-9-17-23-49(63)59-53(56(3,4)5)55(66)61-37-45(62)35-48(61)54(65)57-36-40-25-27-44(28-26-40)52-39(2)58-38-68-52/h11-16,19-22,25-32,38,45,48,53,62H,7-10,17-18,23-24,33-37H2,1-6H3,(H,57,65)(H,59,63)/b51-47-/t45-,48+,53-/m1/s1. The lowest BCUT2D eigenvalue weighted by Crippen LogP contribution is -2.57. The fraction of sp³-hybridized carbons (Fsp3) is 0.411. The lowest BCUT2D eigenvalue weighted by atomic mass is 9.85. The topological polar surface area (TPSA) is 141 Å². The molecule has 1 fully saturated rings. The third-order valence-electron chi connectivity index (χ3n) is 12.6. The molecule has 2 heterocycles. The molecule has 360 valence electrons. The average Bonchev–Trinajstić information content (AvgIpc) is 3.96. The molecule has 11 nitrogen and oxygen atoms in total. The molecule has 1 aliphatic rings. The second-order valence-electron chi connectivity index (χ2n) is 18.8. The quantitative estimate of drug-likeness (QED) is 0.0464. The largest absolute Gasteiger partial charge is 0.492 e.